The monoisotopic (exact) mass is 253 g/mol. The fourth-order valence-electron chi connectivity index (χ4n) is 1.81. The lowest BCUT2D eigenvalue weighted by molar-refractivity contribution is -0.121. The van der Waals surface area contributed by atoms with Crippen LogP contribution in [0.2, 0.25) is 0 Å². The summed E-state index contributed by atoms with van der Waals surface area (Å²) in [4.78, 5) is 13.0. The van der Waals surface area contributed by atoms with E-state index >= 15 is 0 Å². The summed E-state index contributed by atoms with van der Waals surface area (Å²) in [7, 11) is 1.91. The Morgan fingerprint density at radius 2 is 2.17 bits per heavy atom. The molecule has 0 saturated heterocycles. The Bertz CT molecular complexity index is 398. The van der Waals surface area contributed by atoms with Gasteiger partial charge in [0.1, 0.15) is 5.82 Å². The van der Waals surface area contributed by atoms with Crippen LogP contribution >= 0.6 is 0 Å². The van der Waals surface area contributed by atoms with Crippen LogP contribution in [0.15, 0.2) is 24.3 Å². The van der Waals surface area contributed by atoms with E-state index in [-0.39, 0.29) is 17.8 Å². The van der Waals surface area contributed by atoms with Gasteiger partial charge in [-0.3, -0.25) is 15.1 Å². The number of hydrogen-bond acceptors (Lipinski definition) is 3. The van der Waals surface area contributed by atoms with E-state index in [0.717, 1.165) is 0 Å². The number of benzene rings is 1. The second-order valence-electron chi connectivity index (χ2n) is 4.35. The van der Waals surface area contributed by atoms with E-state index in [2.05, 4.69) is 5.43 Å². The Morgan fingerprint density at radius 1 is 1.50 bits per heavy atom. The van der Waals surface area contributed by atoms with Crippen LogP contribution in [-0.2, 0) is 4.79 Å². The quantitative estimate of drug-likeness (QED) is 0.460. The third kappa shape index (κ3) is 4.09. The van der Waals surface area contributed by atoms with Gasteiger partial charge in [0.25, 0.3) is 0 Å². The van der Waals surface area contributed by atoms with Crippen LogP contribution < -0.4 is 11.3 Å². The van der Waals surface area contributed by atoms with Crippen molar-refractivity contribution in [3.05, 3.63) is 35.6 Å². The summed E-state index contributed by atoms with van der Waals surface area (Å²) >= 11 is 0. The smallest absolute Gasteiger partial charge is 0.233 e. The van der Waals surface area contributed by atoms with Crippen molar-refractivity contribution in [2.75, 3.05) is 13.6 Å². The van der Waals surface area contributed by atoms with Crippen molar-refractivity contribution in [1.29, 1.82) is 0 Å². The van der Waals surface area contributed by atoms with Gasteiger partial charge in [-0.05, 0) is 33.0 Å². The highest BCUT2D eigenvalue weighted by molar-refractivity contribution is 5.75. The zero-order valence-electron chi connectivity index (χ0n) is 10.8. The molecule has 1 atom stereocenters. The second kappa shape index (κ2) is 7.08. The normalized spacial score (nSPS) is 12.5. The standard InChI is InChI=1S/C13H20FN3O/c1-10(11-6-3-4-7-12(11)14)17(2)9-5-8-13(18)16-15/h3-4,6-7,10H,5,8-9,15H2,1-2H3,(H,16,18). The summed E-state index contributed by atoms with van der Waals surface area (Å²) in [5.74, 6) is 4.62. The first kappa shape index (κ1) is 14.6. The van der Waals surface area contributed by atoms with Crippen molar-refractivity contribution < 1.29 is 9.18 Å². The van der Waals surface area contributed by atoms with E-state index in [1.807, 2.05) is 24.9 Å². The van der Waals surface area contributed by atoms with Gasteiger partial charge >= 0.3 is 0 Å². The van der Waals surface area contributed by atoms with E-state index in [1.165, 1.54) is 6.07 Å². The molecule has 18 heavy (non-hydrogen) atoms. The number of carbonyl (C=O) groups excluding carboxylic acids is 1. The van der Waals surface area contributed by atoms with E-state index in [1.54, 1.807) is 12.1 Å². The molecule has 1 aromatic rings. The number of rotatable bonds is 6. The summed E-state index contributed by atoms with van der Waals surface area (Å²) in [5, 5.41) is 0. The molecule has 0 heterocycles. The summed E-state index contributed by atoms with van der Waals surface area (Å²) in [6.45, 7) is 2.66. The number of hydrazine groups is 1. The molecule has 4 nitrogen and oxygen atoms in total. The lowest BCUT2D eigenvalue weighted by Crippen LogP contribution is -2.31. The Labute approximate surface area is 107 Å². The minimum Gasteiger partial charge on any atom is -0.300 e. The number of nitrogens with zero attached hydrogens (tertiary/aromatic N) is 1. The highest BCUT2D eigenvalue weighted by atomic mass is 19.1. The molecule has 1 rings (SSSR count). The predicted octanol–water partition coefficient (Wildman–Crippen LogP) is 1.59. The average Bonchev–Trinajstić information content (AvgIpc) is 2.38. The molecule has 0 radical (unpaired) electrons. The average molecular weight is 253 g/mol. The zero-order chi connectivity index (χ0) is 13.5. The molecule has 0 fully saturated rings. The maximum Gasteiger partial charge on any atom is 0.233 e. The molecule has 0 spiro atoms. The van der Waals surface area contributed by atoms with Gasteiger partial charge in [0, 0.05) is 18.0 Å². The van der Waals surface area contributed by atoms with Gasteiger partial charge in [0.15, 0.2) is 0 Å². The molecule has 1 amide bonds. The van der Waals surface area contributed by atoms with Gasteiger partial charge in [-0.15, -0.1) is 0 Å². The Kier molecular flexibility index (Phi) is 5.74. The van der Waals surface area contributed by atoms with Crippen LogP contribution in [0.5, 0.6) is 0 Å². The fraction of sp³-hybridized carbons (Fsp3) is 0.462. The van der Waals surface area contributed by atoms with Gasteiger partial charge in [-0.1, -0.05) is 18.2 Å². The second-order valence-corrected chi connectivity index (χ2v) is 4.35. The topological polar surface area (TPSA) is 58.4 Å². The summed E-state index contributed by atoms with van der Waals surface area (Å²) in [6.07, 6.45) is 1.07. The van der Waals surface area contributed by atoms with Crippen molar-refractivity contribution in [2.24, 2.45) is 5.84 Å². The van der Waals surface area contributed by atoms with Gasteiger partial charge in [0.2, 0.25) is 5.91 Å². The van der Waals surface area contributed by atoms with Crippen molar-refractivity contribution in [3.63, 3.8) is 0 Å². The van der Waals surface area contributed by atoms with Crippen LogP contribution in [-0.4, -0.2) is 24.4 Å². The van der Waals surface area contributed by atoms with E-state index in [9.17, 15) is 9.18 Å². The molecule has 5 heteroatoms. The first-order valence-electron chi connectivity index (χ1n) is 6.00. The molecule has 3 N–H and O–H groups in total. The maximum absolute atomic E-state index is 13.6. The van der Waals surface area contributed by atoms with Crippen LogP contribution in [0.3, 0.4) is 0 Å². The van der Waals surface area contributed by atoms with Gasteiger partial charge < -0.3 is 0 Å². The fourth-order valence-corrected chi connectivity index (χ4v) is 1.81. The Hall–Kier alpha value is -1.46. The molecule has 1 aromatic carbocycles. The molecule has 1 unspecified atom stereocenters. The minimum absolute atomic E-state index is 0.0212. The number of hydrogen-bond donors (Lipinski definition) is 2. The van der Waals surface area contributed by atoms with Crippen molar-refractivity contribution >= 4 is 5.91 Å². The third-order valence-corrected chi connectivity index (χ3v) is 3.09. The lowest BCUT2D eigenvalue weighted by Gasteiger charge is -2.25. The van der Waals surface area contributed by atoms with Crippen molar-refractivity contribution in [2.45, 2.75) is 25.8 Å². The minimum atomic E-state index is -0.198. The molecule has 0 aliphatic heterocycles. The third-order valence-electron chi connectivity index (χ3n) is 3.09. The van der Waals surface area contributed by atoms with Crippen LogP contribution in [0.25, 0.3) is 0 Å². The molecule has 0 saturated carbocycles. The van der Waals surface area contributed by atoms with Crippen molar-refractivity contribution in [3.8, 4) is 0 Å². The zero-order valence-corrected chi connectivity index (χ0v) is 10.8. The van der Waals surface area contributed by atoms with Gasteiger partial charge in [-0.25, -0.2) is 10.2 Å². The van der Waals surface area contributed by atoms with Gasteiger partial charge in [-0.2, -0.15) is 0 Å². The summed E-state index contributed by atoms with van der Waals surface area (Å²) in [6, 6.07) is 6.72. The SMILES string of the molecule is CC(c1ccccc1F)N(C)CCCC(=O)NN. The number of nitrogens with two attached hydrogens (primary N) is 1. The summed E-state index contributed by atoms with van der Waals surface area (Å²) in [5.41, 5.74) is 2.76. The van der Waals surface area contributed by atoms with Crippen LogP contribution in [0, 0.1) is 5.82 Å². The predicted molar refractivity (Wildman–Crippen MR) is 69.0 cm³/mol. The number of carbonyl (C=O) groups is 1. The molecular formula is C13H20FN3O. The van der Waals surface area contributed by atoms with Crippen LogP contribution in [0.1, 0.15) is 31.4 Å². The number of nitrogens with one attached hydrogen (secondary N) is 1. The van der Waals surface area contributed by atoms with E-state index in [0.29, 0.717) is 24.9 Å². The first-order valence-corrected chi connectivity index (χ1v) is 6.00. The molecular weight excluding hydrogens is 233 g/mol. The number of halogens is 1. The molecule has 0 aliphatic rings. The first-order chi connectivity index (χ1) is 8.56. The molecule has 0 bridgehead atoms. The largest absolute Gasteiger partial charge is 0.300 e. The highest BCUT2D eigenvalue weighted by Crippen LogP contribution is 2.21. The summed E-state index contributed by atoms with van der Waals surface area (Å²) < 4.78 is 13.6. The Balaban J connectivity index is 2.49. The maximum atomic E-state index is 13.6. The molecule has 100 valence electrons. The molecule has 0 aromatic heterocycles. The highest BCUT2D eigenvalue weighted by Gasteiger charge is 2.14. The lowest BCUT2D eigenvalue weighted by atomic mass is 10.1. The Morgan fingerprint density at radius 3 is 2.78 bits per heavy atom. The van der Waals surface area contributed by atoms with E-state index < -0.39 is 0 Å². The van der Waals surface area contributed by atoms with Gasteiger partial charge in [0.05, 0.1) is 0 Å². The van der Waals surface area contributed by atoms with Crippen LogP contribution in [0.4, 0.5) is 4.39 Å². The number of amides is 1. The molecule has 0 aliphatic carbocycles. The van der Waals surface area contributed by atoms with E-state index in [4.69, 9.17) is 5.84 Å². The van der Waals surface area contributed by atoms with Crippen molar-refractivity contribution in [1.82, 2.24) is 10.3 Å².